The van der Waals surface area contributed by atoms with Gasteiger partial charge in [0.15, 0.2) is 0 Å². The minimum absolute atomic E-state index is 0.156. The number of hydrogen-bond donors (Lipinski definition) is 1. The highest BCUT2D eigenvalue weighted by molar-refractivity contribution is 6.35. The number of carbonyl (C=O) groups excluding carboxylic acids is 2. The molecule has 2 amide bonds. The van der Waals surface area contributed by atoms with Crippen molar-refractivity contribution in [2.75, 3.05) is 45.9 Å². The molecule has 0 aromatic rings. The predicted molar refractivity (Wildman–Crippen MR) is 89.1 cm³/mol. The summed E-state index contributed by atoms with van der Waals surface area (Å²) in [6.45, 7) is 7.87. The van der Waals surface area contributed by atoms with Gasteiger partial charge in [0.2, 0.25) is 0 Å². The lowest BCUT2D eigenvalue weighted by molar-refractivity contribution is -0.145. The Morgan fingerprint density at radius 3 is 2.57 bits per heavy atom. The van der Waals surface area contributed by atoms with E-state index in [0.717, 1.165) is 64.8 Å². The number of ether oxygens (including phenoxy) is 1. The summed E-state index contributed by atoms with van der Waals surface area (Å²) in [4.78, 5) is 28.3. The van der Waals surface area contributed by atoms with Crippen LogP contribution in [0.5, 0.6) is 0 Å². The number of nitrogens with one attached hydrogen (secondary N) is 1. The third-order valence-corrected chi connectivity index (χ3v) is 4.60. The molecule has 6 nitrogen and oxygen atoms in total. The highest BCUT2D eigenvalue weighted by atomic mass is 16.5. The standard InChI is InChI=1S/C17H31N3O3/c1-2-9-19-12-13-23-15(14-19)7-8-18-16(21)17(22)20-10-5-3-4-6-11-20/h15H,2-14H2,1H3,(H,18,21)/t15-/m1/s1. The van der Waals surface area contributed by atoms with Gasteiger partial charge in [0.1, 0.15) is 0 Å². The van der Waals surface area contributed by atoms with Crippen LogP contribution in [-0.2, 0) is 14.3 Å². The molecule has 23 heavy (non-hydrogen) atoms. The molecular weight excluding hydrogens is 294 g/mol. The van der Waals surface area contributed by atoms with E-state index >= 15 is 0 Å². The number of rotatable bonds is 5. The molecule has 2 aliphatic rings. The Hall–Kier alpha value is -1.14. The van der Waals surface area contributed by atoms with E-state index in [1.165, 1.54) is 0 Å². The molecule has 2 heterocycles. The number of nitrogens with zero attached hydrogens (tertiary/aromatic N) is 2. The summed E-state index contributed by atoms with van der Waals surface area (Å²) in [6, 6.07) is 0. The second-order valence-electron chi connectivity index (χ2n) is 6.54. The van der Waals surface area contributed by atoms with Crippen LogP contribution < -0.4 is 5.32 Å². The van der Waals surface area contributed by atoms with Crippen molar-refractivity contribution in [1.82, 2.24) is 15.1 Å². The van der Waals surface area contributed by atoms with Crippen LogP contribution in [0.15, 0.2) is 0 Å². The van der Waals surface area contributed by atoms with Gasteiger partial charge >= 0.3 is 11.8 Å². The SMILES string of the molecule is CCCN1CCO[C@H](CCNC(=O)C(=O)N2CCCCCC2)C1. The molecule has 0 aliphatic carbocycles. The van der Waals surface area contributed by atoms with Crippen molar-refractivity contribution in [3.8, 4) is 0 Å². The van der Waals surface area contributed by atoms with Crippen LogP contribution in [0.4, 0.5) is 0 Å². The van der Waals surface area contributed by atoms with Crippen molar-refractivity contribution in [2.45, 2.75) is 51.6 Å². The van der Waals surface area contributed by atoms with Crippen LogP contribution in [-0.4, -0.2) is 73.6 Å². The first-order valence-corrected chi connectivity index (χ1v) is 9.11. The van der Waals surface area contributed by atoms with Crippen LogP contribution >= 0.6 is 0 Å². The van der Waals surface area contributed by atoms with Gasteiger partial charge in [-0.3, -0.25) is 14.5 Å². The van der Waals surface area contributed by atoms with Gasteiger partial charge < -0.3 is 15.0 Å². The minimum Gasteiger partial charge on any atom is -0.375 e. The van der Waals surface area contributed by atoms with Gasteiger partial charge in [-0.25, -0.2) is 0 Å². The number of carbonyl (C=O) groups is 2. The molecule has 2 fully saturated rings. The van der Waals surface area contributed by atoms with E-state index in [-0.39, 0.29) is 12.0 Å². The summed E-state index contributed by atoms with van der Waals surface area (Å²) in [5.74, 6) is -0.836. The molecule has 2 saturated heterocycles. The maximum atomic E-state index is 12.1. The highest BCUT2D eigenvalue weighted by Gasteiger charge is 2.23. The van der Waals surface area contributed by atoms with Crippen molar-refractivity contribution in [3.63, 3.8) is 0 Å². The van der Waals surface area contributed by atoms with E-state index in [2.05, 4.69) is 17.1 Å². The molecular formula is C17H31N3O3. The first-order chi connectivity index (χ1) is 11.2. The molecule has 132 valence electrons. The summed E-state index contributed by atoms with van der Waals surface area (Å²) in [5.41, 5.74) is 0. The third-order valence-electron chi connectivity index (χ3n) is 4.60. The molecule has 2 aliphatic heterocycles. The Balaban J connectivity index is 1.66. The fourth-order valence-electron chi connectivity index (χ4n) is 3.31. The van der Waals surface area contributed by atoms with Crippen LogP contribution in [0.3, 0.4) is 0 Å². The quantitative estimate of drug-likeness (QED) is 0.766. The Labute approximate surface area is 139 Å². The van der Waals surface area contributed by atoms with Gasteiger partial charge in [-0.15, -0.1) is 0 Å². The normalized spacial score (nSPS) is 23.3. The lowest BCUT2D eigenvalue weighted by atomic mass is 10.2. The summed E-state index contributed by atoms with van der Waals surface area (Å²) in [5, 5.41) is 2.77. The van der Waals surface area contributed by atoms with E-state index in [1.54, 1.807) is 4.90 Å². The Bertz CT molecular complexity index is 379. The predicted octanol–water partition coefficient (Wildman–Crippen LogP) is 1.01. The molecule has 0 aromatic heterocycles. The first-order valence-electron chi connectivity index (χ1n) is 9.11. The topological polar surface area (TPSA) is 61.9 Å². The monoisotopic (exact) mass is 325 g/mol. The van der Waals surface area contributed by atoms with Crippen LogP contribution in [0.25, 0.3) is 0 Å². The second kappa shape index (κ2) is 9.88. The minimum atomic E-state index is -0.465. The van der Waals surface area contributed by atoms with Gasteiger partial charge in [0.25, 0.3) is 0 Å². The number of hydrogen-bond acceptors (Lipinski definition) is 4. The van der Waals surface area contributed by atoms with Gasteiger partial charge in [0, 0.05) is 32.7 Å². The largest absolute Gasteiger partial charge is 0.375 e. The maximum absolute atomic E-state index is 12.1. The molecule has 0 saturated carbocycles. The molecule has 1 atom stereocenters. The zero-order valence-electron chi connectivity index (χ0n) is 14.4. The van der Waals surface area contributed by atoms with Crippen LogP contribution in [0, 0.1) is 0 Å². The van der Waals surface area contributed by atoms with Crippen LogP contribution in [0.2, 0.25) is 0 Å². The maximum Gasteiger partial charge on any atom is 0.311 e. The zero-order chi connectivity index (χ0) is 16.5. The molecule has 0 spiro atoms. The van der Waals surface area contributed by atoms with Gasteiger partial charge in [-0.1, -0.05) is 19.8 Å². The highest BCUT2D eigenvalue weighted by Crippen LogP contribution is 2.10. The van der Waals surface area contributed by atoms with E-state index in [1.807, 2.05) is 0 Å². The Morgan fingerprint density at radius 2 is 1.87 bits per heavy atom. The summed E-state index contributed by atoms with van der Waals surface area (Å²) in [7, 11) is 0. The van der Waals surface area contributed by atoms with Gasteiger partial charge in [-0.05, 0) is 32.2 Å². The fourth-order valence-corrected chi connectivity index (χ4v) is 3.31. The number of morpholine rings is 1. The van der Waals surface area contributed by atoms with E-state index in [9.17, 15) is 9.59 Å². The molecule has 1 N–H and O–H groups in total. The summed E-state index contributed by atoms with van der Waals surface area (Å²) < 4.78 is 5.74. The lowest BCUT2D eigenvalue weighted by Gasteiger charge is -2.32. The number of likely N-dealkylation sites (tertiary alicyclic amines) is 1. The average molecular weight is 325 g/mol. The van der Waals surface area contributed by atoms with E-state index in [4.69, 9.17) is 4.74 Å². The van der Waals surface area contributed by atoms with Gasteiger partial charge in [-0.2, -0.15) is 0 Å². The molecule has 0 radical (unpaired) electrons. The van der Waals surface area contributed by atoms with Crippen molar-refractivity contribution in [3.05, 3.63) is 0 Å². The van der Waals surface area contributed by atoms with Crippen LogP contribution in [0.1, 0.15) is 45.4 Å². The molecule has 0 aromatic carbocycles. The first kappa shape index (κ1) is 18.2. The third kappa shape index (κ3) is 6.11. The van der Waals surface area contributed by atoms with Crippen molar-refractivity contribution >= 4 is 11.8 Å². The van der Waals surface area contributed by atoms with Crippen molar-refractivity contribution in [1.29, 1.82) is 0 Å². The smallest absolute Gasteiger partial charge is 0.311 e. The average Bonchev–Trinajstić information content (AvgIpc) is 2.84. The molecule has 0 bridgehead atoms. The van der Waals surface area contributed by atoms with E-state index in [0.29, 0.717) is 19.6 Å². The zero-order valence-corrected chi connectivity index (χ0v) is 14.4. The van der Waals surface area contributed by atoms with Crippen molar-refractivity contribution < 1.29 is 14.3 Å². The fraction of sp³-hybridized carbons (Fsp3) is 0.882. The van der Waals surface area contributed by atoms with Crippen molar-refractivity contribution in [2.24, 2.45) is 0 Å². The molecule has 6 heteroatoms. The summed E-state index contributed by atoms with van der Waals surface area (Å²) >= 11 is 0. The summed E-state index contributed by atoms with van der Waals surface area (Å²) in [6.07, 6.45) is 6.37. The van der Waals surface area contributed by atoms with Gasteiger partial charge in [0.05, 0.1) is 12.7 Å². The Morgan fingerprint density at radius 1 is 1.13 bits per heavy atom. The molecule has 0 unspecified atom stereocenters. The lowest BCUT2D eigenvalue weighted by Crippen LogP contribution is -2.46. The second-order valence-corrected chi connectivity index (χ2v) is 6.54. The van der Waals surface area contributed by atoms with E-state index < -0.39 is 5.91 Å². The molecule has 2 rings (SSSR count). The number of amides is 2. The Kier molecular flexibility index (Phi) is 7.82.